The molecule has 4 aliphatic carbocycles. The fourth-order valence-electron chi connectivity index (χ4n) is 7.51. The second-order valence-electron chi connectivity index (χ2n) is 9.86. The lowest BCUT2D eigenvalue weighted by Gasteiger charge is -2.58. The predicted molar refractivity (Wildman–Crippen MR) is 100 cm³/mol. The minimum Gasteiger partial charge on any atom is -0.299 e. The third-order valence-electron chi connectivity index (χ3n) is 8.85. The number of carbonyl (C=O) groups is 2. The highest BCUT2D eigenvalue weighted by Crippen LogP contribution is 2.66. The van der Waals surface area contributed by atoms with Crippen LogP contribution in [0.1, 0.15) is 85.0 Å². The Morgan fingerprint density at radius 2 is 1.88 bits per heavy atom. The summed E-state index contributed by atoms with van der Waals surface area (Å²) >= 11 is 0. The average molecular weight is 343 g/mol. The van der Waals surface area contributed by atoms with Gasteiger partial charge in [-0.3, -0.25) is 9.59 Å². The van der Waals surface area contributed by atoms with E-state index in [4.69, 9.17) is 0 Å². The molecule has 138 valence electrons. The molecule has 0 N–H and O–H groups in total. The standard InChI is InChI=1S/C23H34O2/c1-4-5-21(25)20-9-8-18-17-7-6-15-14-16(24)10-12-22(15,2)19(17)11-13-23(18,20)3/h14,17-20H,4-13H2,1-3H3/t17-,18-,19-,20+,22-,23-/m0/s1. The van der Waals surface area contributed by atoms with Crippen molar-refractivity contribution < 1.29 is 9.59 Å². The molecule has 3 fully saturated rings. The largest absolute Gasteiger partial charge is 0.299 e. The molecule has 4 aliphatic rings. The van der Waals surface area contributed by atoms with Crippen LogP contribution >= 0.6 is 0 Å². The van der Waals surface area contributed by atoms with E-state index in [9.17, 15) is 9.59 Å². The van der Waals surface area contributed by atoms with Crippen LogP contribution in [-0.4, -0.2) is 11.6 Å². The van der Waals surface area contributed by atoms with Crippen LogP contribution in [0.25, 0.3) is 0 Å². The van der Waals surface area contributed by atoms with Crippen molar-refractivity contribution in [3.8, 4) is 0 Å². The van der Waals surface area contributed by atoms with Gasteiger partial charge in [-0.25, -0.2) is 0 Å². The monoisotopic (exact) mass is 342 g/mol. The molecule has 2 heteroatoms. The smallest absolute Gasteiger partial charge is 0.155 e. The molecule has 0 amide bonds. The number of carbonyl (C=O) groups excluding carboxylic acids is 2. The second kappa shape index (κ2) is 6.06. The van der Waals surface area contributed by atoms with Gasteiger partial charge in [-0.1, -0.05) is 26.3 Å². The van der Waals surface area contributed by atoms with Crippen LogP contribution in [0.4, 0.5) is 0 Å². The van der Waals surface area contributed by atoms with Gasteiger partial charge in [-0.2, -0.15) is 0 Å². The first-order valence-electron chi connectivity index (χ1n) is 10.7. The summed E-state index contributed by atoms with van der Waals surface area (Å²) in [6.45, 7) is 7.01. The minimum atomic E-state index is 0.246. The van der Waals surface area contributed by atoms with Crippen molar-refractivity contribution >= 4 is 11.6 Å². The van der Waals surface area contributed by atoms with Gasteiger partial charge >= 0.3 is 0 Å². The first kappa shape index (κ1) is 17.5. The molecule has 0 aromatic rings. The van der Waals surface area contributed by atoms with E-state index in [1.165, 1.54) is 31.3 Å². The summed E-state index contributed by atoms with van der Waals surface area (Å²) in [6, 6.07) is 0. The first-order chi connectivity index (χ1) is 11.9. The van der Waals surface area contributed by atoms with Crippen molar-refractivity contribution in [3.05, 3.63) is 11.6 Å². The quantitative estimate of drug-likeness (QED) is 0.678. The van der Waals surface area contributed by atoms with E-state index in [2.05, 4.69) is 20.8 Å². The lowest BCUT2D eigenvalue weighted by Crippen LogP contribution is -2.51. The van der Waals surface area contributed by atoms with Crippen molar-refractivity contribution in [2.24, 2.45) is 34.5 Å². The minimum absolute atomic E-state index is 0.246. The molecule has 4 rings (SSSR count). The topological polar surface area (TPSA) is 34.1 Å². The maximum Gasteiger partial charge on any atom is 0.155 e. The molecule has 2 nitrogen and oxygen atoms in total. The molecular formula is C23H34O2. The molecule has 6 atom stereocenters. The number of hydrogen-bond donors (Lipinski definition) is 0. The molecule has 0 unspecified atom stereocenters. The van der Waals surface area contributed by atoms with Gasteiger partial charge in [0.25, 0.3) is 0 Å². The third-order valence-corrected chi connectivity index (χ3v) is 8.85. The highest BCUT2D eigenvalue weighted by molar-refractivity contribution is 5.91. The lowest BCUT2D eigenvalue weighted by molar-refractivity contribution is -0.130. The number of fused-ring (bicyclic) bond motifs is 5. The molecule has 0 aromatic heterocycles. The summed E-state index contributed by atoms with van der Waals surface area (Å²) < 4.78 is 0. The summed E-state index contributed by atoms with van der Waals surface area (Å²) in [5.41, 5.74) is 1.95. The zero-order valence-corrected chi connectivity index (χ0v) is 16.3. The van der Waals surface area contributed by atoms with Crippen LogP contribution < -0.4 is 0 Å². The zero-order valence-electron chi connectivity index (χ0n) is 16.3. The summed E-state index contributed by atoms with van der Waals surface area (Å²) in [4.78, 5) is 24.7. The highest BCUT2D eigenvalue weighted by atomic mass is 16.1. The van der Waals surface area contributed by atoms with Gasteiger partial charge in [-0.15, -0.1) is 0 Å². The molecule has 0 aliphatic heterocycles. The molecule has 0 heterocycles. The van der Waals surface area contributed by atoms with E-state index < -0.39 is 0 Å². The van der Waals surface area contributed by atoms with Gasteiger partial charge in [0, 0.05) is 18.8 Å². The Bertz CT molecular complexity index is 618. The normalized spacial score (nSPS) is 46.0. The molecule has 0 saturated heterocycles. The van der Waals surface area contributed by atoms with Crippen LogP contribution in [0.3, 0.4) is 0 Å². The van der Waals surface area contributed by atoms with Crippen molar-refractivity contribution in [2.45, 2.75) is 85.0 Å². The van der Waals surface area contributed by atoms with E-state index in [0.717, 1.165) is 56.3 Å². The molecular weight excluding hydrogens is 308 g/mol. The Morgan fingerprint density at radius 1 is 1.08 bits per heavy atom. The van der Waals surface area contributed by atoms with Gasteiger partial charge < -0.3 is 0 Å². The van der Waals surface area contributed by atoms with Crippen LogP contribution in [0, 0.1) is 34.5 Å². The van der Waals surface area contributed by atoms with E-state index >= 15 is 0 Å². The second-order valence-corrected chi connectivity index (χ2v) is 9.86. The fourth-order valence-corrected chi connectivity index (χ4v) is 7.51. The summed E-state index contributed by atoms with van der Waals surface area (Å²) in [6.07, 6.45) is 12.8. The van der Waals surface area contributed by atoms with Crippen molar-refractivity contribution in [1.29, 1.82) is 0 Å². The predicted octanol–water partition coefficient (Wildman–Crippen LogP) is 5.50. The lowest BCUT2D eigenvalue weighted by atomic mass is 9.46. The van der Waals surface area contributed by atoms with Gasteiger partial charge in [0.2, 0.25) is 0 Å². The Balaban J connectivity index is 1.61. The van der Waals surface area contributed by atoms with Crippen LogP contribution in [0.5, 0.6) is 0 Å². The molecule has 0 bridgehead atoms. The maximum absolute atomic E-state index is 12.7. The third kappa shape index (κ3) is 2.50. The Kier molecular flexibility index (Phi) is 4.24. The number of Topliss-reactive ketones (excluding diaryl/α,β-unsaturated/α-hetero) is 1. The van der Waals surface area contributed by atoms with E-state index in [0.29, 0.717) is 17.5 Å². The van der Waals surface area contributed by atoms with Crippen molar-refractivity contribution in [2.75, 3.05) is 0 Å². The van der Waals surface area contributed by atoms with Crippen LogP contribution in [-0.2, 0) is 9.59 Å². The molecule has 3 saturated carbocycles. The molecule has 0 spiro atoms. The van der Waals surface area contributed by atoms with Crippen LogP contribution in [0.15, 0.2) is 11.6 Å². The number of allylic oxidation sites excluding steroid dienone is 1. The van der Waals surface area contributed by atoms with Gasteiger partial charge in [0.1, 0.15) is 5.78 Å². The van der Waals surface area contributed by atoms with E-state index in [1.807, 2.05) is 6.08 Å². The van der Waals surface area contributed by atoms with Gasteiger partial charge in [0.05, 0.1) is 0 Å². The summed E-state index contributed by atoms with van der Waals surface area (Å²) in [5.74, 6) is 3.44. The first-order valence-corrected chi connectivity index (χ1v) is 10.7. The van der Waals surface area contributed by atoms with Crippen molar-refractivity contribution in [3.63, 3.8) is 0 Å². The summed E-state index contributed by atoms with van der Waals surface area (Å²) in [5, 5.41) is 0. The summed E-state index contributed by atoms with van der Waals surface area (Å²) in [7, 11) is 0. The molecule has 25 heavy (non-hydrogen) atoms. The SMILES string of the molecule is CCCC(=O)[C@H]1CC[C@H]2[C@@H]3CCC4=CC(=O)CC[C@]4(C)[C@H]3CC[C@]12C. The fraction of sp³-hybridized carbons (Fsp3) is 0.826. The molecule has 0 aromatic carbocycles. The Labute approximate surface area is 152 Å². The van der Waals surface area contributed by atoms with Crippen LogP contribution in [0.2, 0.25) is 0 Å². The van der Waals surface area contributed by atoms with E-state index in [1.54, 1.807) is 0 Å². The zero-order chi connectivity index (χ0) is 17.8. The van der Waals surface area contributed by atoms with Crippen molar-refractivity contribution in [1.82, 2.24) is 0 Å². The maximum atomic E-state index is 12.7. The number of rotatable bonds is 3. The Morgan fingerprint density at radius 3 is 2.64 bits per heavy atom. The average Bonchev–Trinajstić information content (AvgIpc) is 2.93. The number of ketones is 2. The highest BCUT2D eigenvalue weighted by Gasteiger charge is 2.59. The van der Waals surface area contributed by atoms with Gasteiger partial charge in [-0.05, 0) is 86.0 Å². The number of hydrogen-bond acceptors (Lipinski definition) is 2. The Hall–Kier alpha value is -0.920. The van der Waals surface area contributed by atoms with Gasteiger partial charge in [0.15, 0.2) is 5.78 Å². The molecule has 0 radical (unpaired) electrons. The van der Waals surface area contributed by atoms with E-state index in [-0.39, 0.29) is 10.8 Å².